The zero-order chi connectivity index (χ0) is 18.7. The van der Waals surface area contributed by atoms with Gasteiger partial charge < -0.3 is 14.6 Å². The van der Waals surface area contributed by atoms with Gasteiger partial charge in [-0.2, -0.15) is 0 Å². The standard InChI is InChI=1S/C17H16ClNO6S/c18-11-4-6-12(7-5-11)26(22,23)19-14-8-9-24-17-13(14)2-1-3-15(17)25-10-16(20)21/h1-7,14,19H,8-10H2,(H,20,21). The fourth-order valence-corrected chi connectivity index (χ4v) is 4.02. The van der Waals surface area contributed by atoms with Crippen LogP contribution in [0.5, 0.6) is 11.5 Å². The van der Waals surface area contributed by atoms with Crippen molar-refractivity contribution in [2.75, 3.05) is 13.2 Å². The number of fused-ring (bicyclic) bond motifs is 1. The number of hydrogen-bond donors (Lipinski definition) is 2. The highest BCUT2D eigenvalue weighted by Crippen LogP contribution is 2.40. The van der Waals surface area contributed by atoms with E-state index in [1.165, 1.54) is 24.3 Å². The summed E-state index contributed by atoms with van der Waals surface area (Å²) in [6.07, 6.45) is 0.433. The first-order chi connectivity index (χ1) is 12.4. The van der Waals surface area contributed by atoms with Crippen LogP contribution in [0.3, 0.4) is 0 Å². The van der Waals surface area contributed by atoms with Crippen LogP contribution in [0.1, 0.15) is 18.0 Å². The molecule has 1 atom stereocenters. The van der Waals surface area contributed by atoms with Crippen molar-refractivity contribution in [1.29, 1.82) is 0 Å². The number of aliphatic carboxylic acids is 1. The van der Waals surface area contributed by atoms with Gasteiger partial charge in [-0.3, -0.25) is 0 Å². The number of hydrogen-bond acceptors (Lipinski definition) is 5. The zero-order valence-electron chi connectivity index (χ0n) is 13.5. The molecule has 0 bridgehead atoms. The van der Waals surface area contributed by atoms with Crippen LogP contribution >= 0.6 is 11.6 Å². The van der Waals surface area contributed by atoms with E-state index in [4.69, 9.17) is 26.2 Å². The fraction of sp³-hybridized carbons (Fsp3) is 0.235. The van der Waals surface area contributed by atoms with Crippen LogP contribution in [-0.4, -0.2) is 32.7 Å². The van der Waals surface area contributed by atoms with Gasteiger partial charge in [0.05, 0.1) is 17.5 Å². The highest BCUT2D eigenvalue weighted by Gasteiger charge is 2.28. The molecule has 0 saturated carbocycles. The molecule has 0 aromatic heterocycles. The van der Waals surface area contributed by atoms with Crippen LogP contribution in [0.2, 0.25) is 5.02 Å². The molecule has 0 fully saturated rings. The molecular weight excluding hydrogens is 382 g/mol. The molecule has 138 valence electrons. The van der Waals surface area contributed by atoms with Crippen LogP contribution in [0.4, 0.5) is 0 Å². The van der Waals surface area contributed by atoms with Crippen LogP contribution in [0.25, 0.3) is 0 Å². The van der Waals surface area contributed by atoms with Crippen molar-refractivity contribution in [3.05, 3.63) is 53.1 Å². The molecule has 0 radical (unpaired) electrons. The van der Waals surface area contributed by atoms with Crippen LogP contribution in [0.15, 0.2) is 47.4 Å². The Kier molecular flexibility index (Phi) is 5.36. The minimum atomic E-state index is -3.76. The minimum Gasteiger partial charge on any atom is -0.489 e. The summed E-state index contributed by atoms with van der Waals surface area (Å²) in [6, 6.07) is 10.3. The largest absolute Gasteiger partial charge is 0.489 e. The summed E-state index contributed by atoms with van der Waals surface area (Å²) in [5.74, 6) is -0.498. The first kappa shape index (κ1) is 18.5. The lowest BCUT2D eigenvalue weighted by atomic mass is 10.0. The predicted octanol–water partition coefficient (Wildman–Crippen LogP) is 2.61. The van der Waals surface area contributed by atoms with E-state index in [9.17, 15) is 13.2 Å². The summed E-state index contributed by atoms with van der Waals surface area (Å²) in [4.78, 5) is 10.8. The molecule has 3 rings (SSSR count). The zero-order valence-corrected chi connectivity index (χ0v) is 15.1. The third kappa shape index (κ3) is 4.09. The van der Waals surface area contributed by atoms with Crippen molar-refractivity contribution in [2.24, 2.45) is 0 Å². The number of ether oxygens (including phenoxy) is 2. The maximum Gasteiger partial charge on any atom is 0.341 e. The lowest BCUT2D eigenvalue weighted by molar-refractivity contribution is -0.139. The fourth-order valence-electron chi connectivity index (χ4n) is 2.64. The highest BCUT2D eigenvalue weighted by molar-refractivity contribution is 7.89. The number of sulfonamides is 1. The van der Waals surface area contributed by atoms with Crippen molar-refractivity contribution >= 4 is 27.6 Å². The maximum absolute atomic E-state index is 12.6. The minimum absolute atomic E-state index is 0.105. The van der Waals surface area contributed by atoms with E-state index in [1.807, 2.05) is 0 Å². The molecule has 2 aromatic rings. The number of para-hydroxylation sites is 1. The third-order valence-corrected chi connectivity index (χ3v) is 5.55. The summed E-state index contributed by atoms with van der Waals surface area (Å²) in [5, 5.41) is 9.21. The summed E-state index contributed by atoms with van der Waals surface area (Å²) in [5.41, 5.74) is 0.594. The predicted molar refractivity (Wildman–Crippen MR) is 94.2 cm³/mol. The van der Waals surface area contributed by atoms with Gasteiger partial charge >= 0.3 is 5.97 Å². The normalized spacial score (nSPS) is 16.4. The Balaban J connectivity index is 1.86. The smallest absolute Gasteiger partial charge is 0.341 e. The lowest BCUT2D eigenvalue weighted by Gasteiger charge is -2.27. The van der Waals surface area contributed by atoms with E-state index in [-0.39, 0.29) is 17.3 Å². The van der Waals surface area contributed by atoms with E-state index in [0.29, 0.717) is 22.8 Å². The Morgan fingerprint density at radius 3 is 2.69 bits per heavy atom. The van der Waals surface area contributed by atoms with Crippen LogP contribution in [0, 0.1) is 0 Å². The van der Waals surface area contributed by atoms with Crippen LogP contribution < -0.4 is 14.2 Å². The lowest BCUT2D eigenvalue weighted by Crippen LogP contribution is -2.32. The Morgan fingerprint density at radius 2 is 2.00 bits per heavy atom. The molecule has 0 aliphatic carbocycles. The molecule has 7 nitrogen and oxygen atoms in total. The Morgan fingerprint density at radius 1 is 1.27 bits per heavy atom. The molecular formula is C17H16ClNO6S. The highest BCUT2D eigenvalue weighted by atomic mass is 35.5. The summed E-state index contributed by atoms with van der Waals surface area (Å²) < 4.78 is 38.7. The van der Waals surface area contributed by atoms with E-state index in [2.05, 4.69) is 4.72 Å². The Bertz CT molecular complexity index is 913. The van der Waals surface area contributed by atoms with E-state index >= 15 is 0 Å². The monoisotopic (exact) mass is 397 g/mol. The van der Waals surface area contributed by atoms with Gasteiger partial charge in [-0.05, 0) is 30.3 Å². The second-order valence-corrected chi connectivity index (χ2v) is 7.77. The van der Waals surface area contributed by atoms with Gasteiger partial charge in [-0.15, -0.1) is 0 Å². The van der Waals surface area contributed by atoms with Gasteiger partial charge in [0.2, 0.25) is 10.0 Å². The van der Waals surface area contributed by atoms with E-state index < -0.39 is 28.6 Å². The molecule has 1 aliphatic rings. The second-order valence-electron chi connectivity index (χ2n) is 5.62. The quantitative estimate of drug-likeness (QED) is 0.776. The molecule has 2 N–H and O–H groups in total. The van der Waals surface area contributed by atoms with Crippen molar-refractivity contribution in [3.8, 4) is 11.5 Å². The SMILES string of the molecule is O=C(O)COc1cccc2c1OCCC2NS(=O)(=O)c1ccc(Cl)cc1. The topological polar surface area (TPSA) is 102 Å². The van der Waals surface area contributed by atoms with Gasteiger partial charge in [0, 0.05) is 17.0 Å². The number of carboxylic acids is 1. The molecule has 26 heavy (non-hydrogen) atoms. The number of carbonyl (C=O) groups is 1. The summed E-state index contributed by atoms with van der Waals surface area (Å²) in [6.45, 7) is -0.241. The molecule has 0 amide bonds. The van der Waals surface area contributed by atoms with Crippen LogP contribution in [-0.2, 0) is 14.8 Å². The number of halogens is 1. The molecule has 2 aromatic carbocycles. The molecule has 1 unspecified atom stereocenters. The summed E-state index contributed by atoms with van der Waals surface area (Å²) in [7, 11) is -3.76. The number of rotatable bonds is 6. The van der Waals surface area contributed by atoms with E-state index in [1.54, 1.807) is 18.2 Å². The van der Waals surface area contributed by atoms with Crippen molar-refractivity contribution in [3.63, 3.8) is 0 Å². The average molecular weight is 398 g/mol. The second kappa shape index (κ2) is 7.53. The van der Waals surface area contributed by atoms with Crippen molar-refractivity contribution in [2.45, 2.75) is 17.4 Å². The third-order valence-electron chi connectivity index (χ3n) is 3.81. The molecule has 0 saturated heterocycles. The molecule has 1 heterocycles. The first-order valence-corrected chi connectivity index (χ1v) is 9.61. The average Bonchev–Trinajstić information content (AvgIpc) is 2.60. The van der Waals surface area contributed by atoms with Gasteiger partial charge in [0.15, 0.2) is 18.1 Å². The van der Waals surface area contributed by atoms with E-state index in [0.717, 1.165) is 0 Å². The van der Waals surface area contributed by atoms with Gasteiger partial charge in [-0.25, -0.2) is 17.9 Å². The first-order valence-electron chi connectivity index (χ1n) is 7.75. The molecule has 1 aliphatic heterocycles. The number of nitrogens with one attached hydrogen (secondary N) is 1. The van der Waals surface area contributed by atoms with Crippen molar-refractivity contribution < 1.29 is 27.8 Å². The van der Waals surface area contributed by atoms with Gasteiger partial charge in [0.25, 0.3) is 0 Å². The summed E-state index contributed by atoms with van der Waals surface area (Å²) >= 11 is 5.80. The van der Waals surface area contributed by atoms with Crippen molar-refractivity contribution in [1.82, 2.24) is 4.72 Å². The Hall–Kier alpha value is -2.29. The molecule has 0 spiro atoms. The maximum atomic E-state index is 12.6. The number of benzene rings is 2. The Labute approximate surface area is 155 Å². The number of carboxylic acid groups (broad SMARTS) is 1. The van der Waals surface area contributed by atoms with Gasteiger partial charge in [0.1, 0.15) is 0 Å². The van der Waals surface area contributed by atoms with Gasteiger partial charge in [-0.1, -0.05) is 23.7 Å². The molecule has 9 heteroatoms.